The van der Waals surface area contributed by atoms with Gasteiger partial charge in [-0.15, -0.1) is 11.3 Å². The largest absolute Gasteiger partial charge is 0.463 e. The number of fused-ring (bicyclic) bond motifs is 4. The molecule has 2 aromatic heterocycles. The third-order valence-corrected chi connectivity index (χ3v) is 10.5. The van der Waals surface area contributed by atoms with Crippen molar-refractivity contribution in [1.29, 1.82) is 5.26 Å². The van der Waals surface area contributed by atoms with Crippen LogP contribution < -0.4 is 20.7 Å². The van der Waals surface area contributed by atoms with E-state index in [-0.39, 0.29) is 70.9 Å². The molecule has 0 unspecified atom stereocenters. The first kappa shape index (κ1) is 27.0. The lowest BCUT2D eigenvalue weighted by Crippen LogP contribution is -2.51. The van der Waals surface area contributed by atoms with Gasteiger partial charge in [-0.25, -0.2) is 13.2 Å². The average molecular weight is 695 g/mol. The summed E-state index contributed by atoms with van der Waals surface area (Å²) in [7, 11) is 0. The number of benzene rings is 2. The molecular weight excluding hydrogens is 656 g/mol. The van der Waals surface area contributed by atoms with E-state index in [0.29, 0.717) is 4.70 Å². The summed E-state index contributed by atoms with van der Waals surface area (Å²) in [4.78, 5) is 11.0. The second kappa shape index (κ2) is 11.9. The number of hydrogen-bond donors (Lipinski definition) is 2. The fourth-order valence-corrected chi connectivity index (χ4v) is 8.25. The van der Waals surface area contributed by atoms with Crippen molar-refractivity contribution in [3.63, 3.8) is 0 Å². The maximum absolute atomic E-state index is 17.2. The molecule has 5 heterocycles. The zero-order chi connectivity index (χ0) is 38.4. The van der Waals surface area contributed by atoms with Gasteiger partial charge < -0.3 is 25.6 Å². The number of anilines is 2. The van der Waals surface area contributed by atoms with Gasteiger partial charge in [-0.2, -0.15) is 28.4 Å². The molecule has 4 aromatic rings. The summed E-state index contributed by atoms with van der Waals surface area (Å²) in [5, 5.41) is 12.9. The van der Waals surface area contributed by atoms with Crippen LogP contribution in [0.4, 0.5) is 37.2 Å². The van der Waals surface area contributed by atoms with Gasteiger partial charge >= 0.3 is 12.2 Å². The van der Waals surface area contributed by atoms with Crippen LogP contribution >= 0.6 is 11.3 Å². The Hall–Kier alpha value is -3.87. The van der Waals surface area contributed by atoms with Crippen LogP contribution in [0, 0.1) is 28.5 Å². The second-order valence-corrected chi connectivity index (χ2v) is 13.9. The van der Waals surface area contributed by atoms with E-state index in [1.165, 1.54) is 18.2 Å². The molecular formula is C33H33F6N7OS. The fraction of sp³-hybridized carbons (Fsp3) is 0.485. The van der Waals surface area contributed by atoms with Crippen LogP contribution in [0.15, 0.2) is 24.3 Å². The third kappa shape index (κ3) is 5.57. The first-order chi connectivity index (χ1) is 24.7. The van der Waals surface area contributed by atoms with Gasteiger partial charge in [0.15, 0.2) is 5.82 Å². The molecule has 0 saturated carbocycles. The van der Waals surface area contributed by atoms with Crippen molar-refractivity contribution < 1.29 is 37.9 Å². The molecule has 3 aliphatic heterocycles. The monoisotopic (exact) mass is 694 g/mol. The number of nitrogens with one attached hydrogen (secondary N) is 1. The maximum Gasteiger partial charge on any atom is 0.417 e. The number of nitrogen functional groups attached to an aromatic ring is 1. The van der Waals surface area contributed by atoms with E-state index >= 15 is 17.6 Å². The smallest absolute Gasteiger partial charge is 0.417 e. The number of likely N-dealkylation sites (tertiary alicyclic amines) is 1. The summed E-state index contributed by atoms with van der Waals surface area (Å²) in [5.41, 5.74) is 0.446. The summed E-state index contributed by atoms with van der Waals surface area (Å²) in [6.45, 7) is -5.14. The molecule has 3 aliphatic rings. The Labute approximate surface area is 283 Å². The number of nitrogens with two attached hydrogens (primary N) is 1. The molecule has 4 atom stereocenters. The Balaban J connectivity index is 1.46. The van der Waals surface area contributed by atoms with Crippen LogP contribution in [0.5, 0.6) is 6.01 Å². The summed E-state index contributed by atoms with van der Waals surface area (Å²) in [6.07, 6.45) is -7.07. The van der Waals surface area contributed by atoms with E-state index < -0.39 is 72.5 Å². The molecule has 254 valence electrons. The number of alkyl halides is 5. The molecule has 48 heavy (non-hydrogen) atoms. The molecule has 0 aliphatic carbocycles. The zero-order valence-electron chi connectivity index (χ0n) is 30.5. The Bertz CT molecular complexity index is 2130. The molecule has 0 radical (unpaired) electrons. The van der Waals surface area contributed by atoms with Crippen molar-refractivity contribution in [2.75, 3.05) is 50.3 Å². The number of piperidine rings is 1. The van der Waals surface area contributed by atoms with Crippen molar-refractivity contribution in [2.24, 2.45) is 11.3 Å². The van der Waals surface area contributed by atoms with Crippen molar-refractivity contribution in [1.82, 2.24) is 20.2 Å². The van der Waals surface area contributed by atoms with Crippen LogP contribution in [0.1, 0.15) is 44.2 Å². The standard InChI is InChI=1S/C33H33F6N7OS/c1-32(14-45(2)9-8-21(32)28(35)36)15-47-31-43-27-19(30(44-31)46-12-16-6-7-17(13-46)42-16)10-22(33(37,38)39)25(26(27)34)18-4-3-5-23-24(18)20(11-40)29(41)48-23/h3-5,10,16-17,21,28,42H,6-9,12-15,41H2,1-2H3/t16-,17+,21-,32+/m1/s1/i2D3,15D2. The second-order valence-electron chi connectivity index (χ2n) is 12.8. The molecule has 3 N–H and O–H groups in total. The lowest BCUT2D eigenvalue weighted by atomic mass is 9.73. The molecule has 15 heteroatoms. The molecule has 2 aromatic carbocycles. The molecule has 0 spiro atoms. The lowest BCUT2D eigenvalue weighted by Gasteiger charge is -2.44. The Morgan fingerprint density at radius 3 is 2.67 bits per heavy atom. The summed E-state index contributed by atoms with van der Waals surface area (Å²) < 4.78 is 139. The van der Waals surface area contributed by atoms with Crippen LogP contribution in [0.25, 0.3) is 32.1 Å². The Morgan fingerprint density at radius 1 is 1.25 bits per heavy atom. The number of nitrogens with zero attached hydrogens (tertiary/aromatic N) is 5. The minimum Gasteiger partial charge on any atom is -0.463 e. The van der Waals surface area contributed by atoms with E-state index in [1.54, 1.807) is 4.90 Å². The predicted octanol–water partition coefficient (Wildman–Crippen LogP) is 6.67. The first-order valence-electron chi connectivity index (χ1n) is 17.8. The molecule has 3 fully saturated rings. The average Bonchev–Trinajstić information content (AvgIpc) is 3.59. The van der Waals surface area contributed by atoms with E-state index in [9.17, 15) is 14.0 Å². The number of aromatic nitrogens is 2. The number of ether oxygens (including phenoxy) is 1. The summed E-state index contributed by atoms with van der Waals surface area (Å²) >= 11 is 0.948. The molecule has 2 bridgehead atoms. The predicted molar refractivity (Wildman–Crippen MR) is 172 cm³/mol. The third-order valence-electron chi connectivity index (χ3n) is 9.56. The van der Waals surface area contributed by atoms with Gasteiger partial charge in [0.05, 0.1) is 20.4 Å². The van der Waals surface area contributed by atoms with E-state index in [0.717, 1.165) is 42.1 Å². The minimum atomic E-state index is -5.12. The van der Waals surface area contributed by atoms with Crippen molar-refractivity contribution in [3.05, 3.63) is 41.2 Å². The van der Waals surface area contributed by atoms with Crippen LogP contribution in [-0.2, 0) is 6.18 Å². The number of nitriles is 1. The first-order valence-corrected chi connectivity index (χ1v) is 16.1. The van der Waals surface area contributed by atoms with Crippen molar-refractivity contribution >= 4 is 43.1 Å². The Kier molecular flexibility index (Phi) is 6.71. The quantitative estimate of drug-likeness (QED) is 0.216. The van der Waals surface area contributed by atoms with Gasteiger partial charge in [0.25, 0.3) is 0 Å². The van der Waals surface area contributed by atoms with Gasteiger partial charge in [0, 0.05) is 68.2 Å². The topological polar surface area (TPSA) is 103 Å². The summed E-state index contributed by atoms with van der Waals surface area (Å²) in [5.74, 6) is -3.33. The van der Waals surface area contributed by atoms with Crippen molar-refractivity contribution in [2.45, 2.75) is 50.9 Å². The number of thiophene rings is 1. The van der Waals surface area contributed by atoms with Crippen LogP contribution in [0.3, 0.4) is 0 Å². The minimum absolute atomic E-state index is 0.00379. The van der Waals surface area contributed by atoms with Gasteiger partial charge in [-0.1, -0.05) is 19.1 Å². The molecule has 8 nitrogen and oxygen atoms in total. The Morgan fingerprint density at radius 2 is 2.00 bits per heavy atom. The number of hydrogen-bond acceptors (Lipinski definition) is 9. The highest BCUT2D eigenvalue weighted by atomic mass is 32.1. The van der Waals surface area contributed by atoms with Gasteiger partial charge in [-0.3, -0.25) is 0 Å². The van der Waals surface area contributed by atoms with E-state index in [2.05, 4.69) is 15.3 Å². The van der Waals surface area contributed by atoms with Crippen LogP contribution in [-0.4, -0.2) is 73.1 Å². The fourth-order valence-electron chi connectivity index (χ4n) is 7.30. The highest BCUT2D eigenvalue weighted by Crippen LogP contribution is 2.48. The normalized spacial score (nSPS) is 27.0. The number of piperazine rings is 1. The summed E-state index contributed by atoms with van der Waals surface area (Å²) in [6, 6.07) is 5.77. The number of rotatable bonds is 6. The highest BCUT2D eigenvalue weighted by molar-refractivity contribution is 7.23. The van der Waals surface area contributed by atoms with Crippen molar-refractivity contribution in [3.8, 4) is 23.2 Å². The van der Waals surface area contributed by atoms with Gasteiger partial charge in [-0.05, 0) is 50.5 Å². The lowest BCUT2D eigenvalue weighted by molar-refractivity contribution is -0.137. The highest BCUT2D eigenvalue weighted by Gasteiger charge is 2.45. The van der Waals surface area contributed by atoms with Crippen LogP contribution in [0.2, 0.25) is 0 Å². The molecule has 7 rings (SSSR count). The number of halogens is 6. The van der Waals surface area contributed by atoms with E-state index in [4.69, 9.17) is 17.3 Å². The van der Waals surface area contributed by atoms with E-state index in [1.807, 2.05) is 6.07 Å². The zero-order valence-corrected chi connectivity index (χ0v) is 26.3. The molecule has 0 amide bonds. The molecule has 3 saturated heterocycles. The SMILES string of the molecule is [2H]C([2H])([2H])N1CC[C@H](C(F)F)[C@](C)(C([2H])([2H])Oc2nc(N3C[C@H]4CC[C@@H](C3)N4)c3cc(C(F)(F)F)c(-c4cccc5sc(N)c(C#N)c45)c(F)c3n2)C1. The maximum atomic E-state index is 17.2. The van der Waals surface area contributed by atoms with Gasteiger partial charge in [0.1, 0.15) is 22.4 Å². The van der Waals surface area contributed by atoms with Gasteiger partial charge in [0.2, 0.25) is 6.43 Å².